The van der Waals surface area contributed by atoms with Crippen molar-refractivity contribution in [1.29, 1.82) is 0 Å². The number of aromatic amines is 1. The summed E-state index contributed by atoms with van der Waals surface area (Å²) in [7, 11) is 0. The molecule has 28 heavy (non-hydrogen) atoms. The molecule has 0 saturated carbocycles. The maximum Gasteiger partial charge on any atom is 0.230 e. The lowest BCUT2D eigenvalue weighted by Gasteiger charge is -2.07. The lowest BCUT2D eigenvalue weighted by molar-refractivity contribution is -0.115. The van der Waals surface area contributed by atoms with E-state index in [1.54, 1.807) is 12.1 Å². The highest BCUT2D eigenvalue weighted by molar-refractivity contribution is 5.95. The number of H-pyrrole nitrogens is 1. The molecule has 2 aromatic carbocycles. The molecule has 0 radical (unpaired) electrons. The van der Waals surface area contributed by atoms with Gasteiger partial charge in [-0.05, 0) is 35.9 Å². The quantitative estimate of drug-likeness (QED) is 0.486. The van der Waals surface area contributed by atoms with Crippen LogP contribution < -0.4 is 10.6 Å². The molecule has 0 unspecified atom stereocenters. The summed E-state index contributed by atoms with van der Waals surface area (Å²) < 4.78 is 26.2. The van der Waals surface area contributed by atoms with E-state index < -0.39 is 11.6 Å². The minimum atomic E-state index is -0.959. The average Bonchev–Trinajstić information content (AvgIpc) is 3.09. The fourth-order valence-corrected chi connectivity index (χ4v) is 2.83. The monoisotopic (exact) mass is 379 g/mol. The van der Waals surface area contributed by atoms with Gasteiger partial charge in [0, 0.05) is 28.9 Å². The summed E-state index contributed by atoms with van der Waals surface area (Å²) in [5, 5.41) is 14.4. The van der Waals surface area contributed by atoms with E-state index in [2.05, 4.69) is 25.8 Å². The number of anilines is 3. The van der Waals surface area contributed by atoms with Gasteiger partial charge in [-0.1, -0.05) is 18.2 Å². The van der Waals surface area contributed by atoms with Crippen molar-refractivity contribution in [3.8, 4) is 0 Å². The molecule has 2 aromatic heterocycles. The van der Waals surface area contributed by atoms with E-state index in [4.69, 9.17) is 0 Å². The fraction of sp³-hybridized carbons (Fsp3) is 0.0500. The van der Waals surface area contributed by atoms with Crippen molar-refractivity contribution >= 4 is 34.1 Å². The van der Waals surface area contributed by atoms with E-state index in [9.17, 15) is 13.6 Å². The molecule has 0 spiro atoms. The van der Waals surface area contributed by atoms with Crippen molar-refractivity contribution < 1.29 is 13.6 Å². The third kappa shape index (κ3) is 3.80. The Morgan fingerprint density at radius 3 is 2.54 bits per heavy atom. The Hall–Kier alpha value is -3.81. The number of halogens is 2. The molecule has 140 valence electrons. The summed E-state index contributed by atoms with van der Waals surface area (Å²) in [6, 6.07) is 14.3. The largest absolute Gasteiger partial charge is 0.361 e. The average molecular weight is 379 g/mol. The summed E-state index contributed by atoms with van der Waals surface area (Å²) in [6.45, 7) is 0. The van der Waals surface area contributed by atoms with E-state index in [0.29, 0.717) is 17.3 Å². The van der Waals surface area contributed by atoms with Crippen LogP contribution in [0.3, 0.4) is 0 Å². The van der Waals surface area contributed by atoms with Gasteiger partial charge in [-0.25, -0.2) is 8.78 Å². The summed E-state index contributed by atoms with van der Waals surface area (Å²) >= 11 is 0. The van der Waals surface area contributed by atoms with Crippen LogP contribution in [0, 0.1) is 11.6 Å². The smallest absolute Gasteiger partial charge is 0.230 e. The molecule has 3 N–H and O–H groups in total. The Kier molecular flexibility index (Phi) is 4.67. The van der Waals surface area contributed by atoms with E-state index in [1.807, 2.05) is 30.5 Å². The van der Waals surface area contributed by atoms with E-state index >= 15 is 0 Å². The highest BCUT2D eigenvalue weighted by Gasteiger charge is 2.10. The van der Waals surface area contributed by atoms with Crippen LogP contribution >= 0.6 is 0 Å². The first-order valence-corrected chi connectivity index (χ1v) is 8.49. The van der Waals surface area contributed by atoms with Crippen molar-refractivity contribution in [2.75, 3.05) is 10.6 Å². The van der Waals surface area contributed by atoms with Crippen LogP contribution in [0.4, 0.5) is 26.1 Å². The normalized spacial score (nSPS) is 10.8. The molecular formula is C20H15F2N5O. The SMILES string of the molecule is O=C(Cc1c[nH]c2ccccc12)Nc1ccc(Nc2ccc(F)c(F)c2)nn1. The van der Waals surface area contributed by atoms with Crippen LogP contribution in [-0.2, 0) is 11.2 Å². The number of para-hydroxylation sites is 1. The number of amides is 1. The fourth-order valence-electron chi connectivity index (χ4n) is 2.83. The second kappa shape index (κ2) is 7.43. The molecule has 0 bridgehead atoms. The molecule has 0 saturated heterocycles. The molecular weight excluding hydrogens is 364 g/mol. The summed E-state index contributed by atoms with van der Waals surface area (Å²) in [5.74, 6) is -1.48. The number of fused-ring (bicyclic) bond motifs is 1. The third-order valence-electron chi connectivity index (χ3n) is 4.15. The van der Waals surface area contributed by atoms with Gasteiger partial charge in [0.15, 0.2) is 23.3 Å². The molecule has 4 aromatic rings. The molecule has 1 amide bonds. The highest BCUT2D eigenvalue weighted by Crippen LogP contribution is 2.19. The molecule has 0 aliphatic rings. The maximum absolute atomic E-state index is 13.2. The third-order valence-corrected chi connectivity index (χ3v) is 4.15. The van der Waals surface area contributed by atoms with Gasteiger partial charge in [0.2, 0.25) is 5.91 Å². The van der Waals surface area contributed by atoms with Crippen LogP contribution in [0.2, 0.25) is 0 Å². The van der Waals surface area contributed by atoms with Crippen molar-refractivity contribution in [2.24, 2.45) is 0 Å². The number of rotatable bonds is 5. The maximum atomic E-state index is 13.2. The zero-order valence-corrected chi connectivity index (χ0v) is 14.5. The molecule has 0 aliphatic carbocycles. The Balaban J connectivity index is 1.39. The van der Waals surface area contributed by atoms with Crippen molar-refractivity contribution in [3.05, 3.63) is 78.0 Å². The Morgan fingerprint density at radius 2 is 1.75 bits per heavy atom. The first-order chi connectivity index (χ1) is 13.6. The number of aromatic nitrogens is 3. The van der Waals surface area contributed by atoms with Gasteiger partial charge in [-0.2, -0.15) is 0 Å². The number of hydrogen-bond acceptors (Lipinski definition) is 4. The standard InChI is InChI=1S/C20H15F2N5O/c21-15-6-5-13(10-16(15)22)24-18-7-8-19(27-26-18)25-20(28)9-12-11-23-17-4-2-1-3-14(12)17/h1-8,10-11,23H,9H2,(H,24,26)(H,25,27,28). The second-order valence-corrected chi connectivity index (χ2v) is 6.14. The van der Waals surface area contributed by atoms with E-state index in [1.165, 1.54) is 6.07 Å². The number of carbonyl (C=O) groups is 1. The molecule has 6 nitrogen and oxygen atoms in total. The predicted octanol–water partition coefficient (Wildman–Crippen LogP) is 4.16. The molecule has 0 aliphatic heterocycles. The van der Waals surface area contributed by atoms with Crippen molar-refractivity contribution in [2.45, 2.75) is 6.42 Å². The van der Waals surface area contributed by atoms with Crippen molar-refractivity contribution in [3.63, 3.8) is 0 Å². The highest BCUT2D eigenvalue weighted by atomic mass is 19.2. The molecule has 0 atom stereocenters. The molecule has 0 fully saturated rings. The molecule has 4 rings (SSSR count). The van der Waals surface area contributed by atoms with Gasteiger partial charge >= 0.3 is 0 Å². The zero-order valence-electron chi connectivity index (χ0n) is 14.5. The number of nitrogens with zero attached hydrogens (tertiary/aromatic N) is 2. The van der Waals surface area contributed by atoms with Gasteiger partial charge in [-0.15, -0.1) is 10.2 Å². The van der Waals surface area contributed by atoms with Crippen LogP contribution in [-0.4, -0.2) is 21.1 Å². The summed E-state index contributed by atoms with van der Waals surface area (Å²) in [6.07, 6.45) is 2.01. The number of carbonyl (C=O) groups excluding carboxylic acids is 1. The lowest BCUT2D eigenvalue weighted by atomic mass is 10.1. The van der Waals surface area contributed by atoms with Crippen LogP contribution in [0.1, 0.15) is 5.56 Å². The Bertz CT molecular complexity index is 1140. The predicted molar refractivity (Wildman–Crippen MR) is 102 cm³/mol. The number of benzene rings is 2. The Labute approximate surface area is 158 Å². The van der Waals surface area contributed by atoms with Gasteiger partial charge in [-0.3, -0.25) is 4.79 Å². The first kappa shape index (κ1) is 17.6. The number of hydrogen-bond donors (Lipinski definition) is 3. The van der Waals surface area contributed by atoms with Gasteiger partial charge in [0.25, 0.3) is 0 Å². The van der Waals surface area contributed by atoms with Crippen LogP contribution in [0.25, 0.3) is 10.9 Å². The summed E-state index contributed by atoms with van der Waals surface area (Å²) in [4.78, 5) is 15.4. The molecule has 8 heteroatoms. The minimum absolute atomic E-state index is 0.195. The minimum Gasteiger partial charge on any atom is -0.361 e. The zero-order chi connectivity index (χ0) is 19.5. The second-order valence-electron chi connectivity index (χ2n) is 6.14. The topological polar surface area (TPSA) is 82.7 Å². The van der Waals surface area contributed by atoms with Gasteiger partial charge in [0.05, 0.1) is 6.42 Å². The lowest BCUT2D eigenvalue weighted by Crippen LogP contribution is -2.15. The Morgan fingerprint density at radius 1 is 0.964 bits per heavy atom. The van der Waals surface area contributed by atoms with Crippen LogP contribution in [0.15, 0.2) is 60.8 Å². The van der Waals surface area contributed by atoms with Crippen molar-refractivity contribution in [1.82, 2.24) is 15.2 Å². The van der Waals surface area contributed by atoms with Gasteiger partial charge < -0.3 is 15.6 Å². The van der Waals surface area contributed by atoms with E-state index in [-0.39, 0.29) is 12.3 Å². The molecule has 2 heterocycles. The summed E-state index contributed by atoms with van der Waals surface area (Å²) in [5.41, 5.74) is 2.19. The van der Waals surface area contributed by atoms with Gasteiger partial charge in [0.1, 0.15) is 0 Å². The number of nitrogens with one attached hydrogen (secondary N) is 3. The first-order valence-electron chi connectivity index (χ1n) is 8.49. The van der Waals surface area contributed by atoms with E-state index in [0.717, 1.165) is 28.6 Å². The van der Waals surface area contributed by atoms with Crippen LogP contribution in [0.5, 0.6) is 0 Å².